The molecule has 3 heteroatoms. The first-order valence-electron chi connectivity index (χ1n) is 7.90. The van der Waals surface area contributed by atoms with Crippen LogP contribution in [0, 0.1) is 5.92 Å². The fraction of sp³-hybridized carbons (Fsp3) is 0.667. The van der Waals surface area contributed by atoms with Crippen LogP contribution in [0.2, 0.25) is 5.02 Å². The Hall–Kier alpha value is -0.730. The first-order valence-corrected chi connectivity index (χ1v) is 8.28. The summed E-state index contributed by atoms with van der Waals surface area (Å²) >= 11 is 6.21. The van der Waals surface area contributed by atoms with Crippen molar-refractivity contribution in [1.29, 1.82) is 0 Å². The number of rotatable bonds is 6. The molecule has 0 radical (unpaired) electrons. The van der Waals surface area contributed by atoms with Crippen LogP contribution >= 0.6 is 11.6 Å². The highest BCUT2D eigenvalue weighted by molar-refractivity contribution is 6.30. The van der Waals surface area contributed by atoms with E-state index in [2.05, 4.69) is 70.8 Å². The molecule has 0 heterocycles. The Morgan fingerprint density at radius 3 is 2.24 bits per heavy atom. The second-order valence-electron chi connectivity index (χ2n) is 7.52. The molecule has 0 aliphatic heterocycles. The number of nitrogens with zero attached hydrogens (tertiary/aromatic N) is 1. The van der Waals surface area contributed by atoms with Gasteiger partial charge in [-0.05, 0) is 64.3 Å². The maximum Gasteiger partial charge on any atom is 0.0415 e. The average molecular weight is 311 g/mol. The van der Waals surface area contributed by atoms with Gasteiger partial charge in [-0.25, -0.2) is 0 Å². The normalized spacial score (nSPS) is 12.3. The van der Waals surface area contributed by atoms with E-state index in [1.807, 2.05) is 6.07 Å². The van der Waals surface area contributed by atoms with Crippen LogP contribution in [0.1, 0.15) is 54.0 Å². The van der Waals surface area contributed by atoms with E-state index >= 15 is 0 Å². The lowest BCUT2D eigenvalue weighted by atomic mass is 10.1. The third-order valence-electron chi connectivity index (χ3n) is 3.35. The van der Waals surface area contributed by atoms with Crippen LogP contribution in [0.25, 0.3) is 0 Å². The molecule has 1 rings (SSSR count). The van der Waals surface area contributed by atoms with Crippen LogP contribution < -0.4 is 10.2 Å². The van der Waals surface area contributed by atoms with Crippen LogP contribution in [0.3, 0.4) is 0 Å². The molecule has 0 fully saturated rings. The zero-order valence-electron chi connectivity index (χ0n) is 14.6. The molecule has 1 aromatic carbocycles. The molecule has 0 saturated heterocycles. The lowest BCUT2D eigenvalue weighted by Gasteiger charge is -2.33. The molecule has 0 spiro atoms. The van der Waals surface area contributed by atoms with Gasteiger partial charge >= 0.3 is 0 Å². The van der Waals surface area contributed by atoms with Gasteiger partial charge < -0.3 is 10.2 Å². The van der Waals surface area contributed by atoms with E-state index in [1.165, 1.54) is 11.3 Å². The zero-order valence-corrected chi connectivity index (χ0v) is 15.4. The number of hydrogen-bond donors (Lipinski definition) is 1. The number of halogens is 1. The van der Waals surface area contributed by atoms with Gasteiger partial charge in [0.2, 0.25) is 0 Å². The molecular weight excluding hydrogens is 280 g/mol. The molecule has 0 aliphatic rings. The molecule has 0 unspecified atom stereocenters. The molecule has 0 amide bonds. The van der Waals surface area contributed by atoms with Gasteiger partial charge in [0.1, 0.15) is 0 Å². The van der Waals surface area contributed by atoms with Crippen molar-refractivity contribution in [2.75, 3.05) is 11.4 Å². The third-order valence-corrected chi connectivity index (χ3v) is 3.58. The standard InChI is InChI=1S/C18H31ClN2/c1-13(2)12-21(14(3)4)17-9-8-16(19)10-15(17)11-20-18(5,6)7/h8-10,13-14,20H,11-12H2,1-7H3. The van der Waals surface area contributed by atoms with Crippen LogP contribution in [0.15, 0.2) is 18.2 Å². The fourth-order valence-electron chi connectivity index (χ4n) is 2.32. The molecule has 1 N–H and O–H groups in total. The number of nitrogens with one attached hydrogen (secondary N) is 1. The summed E-state index contributed by atoms with van der Waals surface area (Å²) < 4.78 is 0. The van der Waals surface area contributed by atoms with Crippen molar-refractivity contribution >= 4 is 17.3 Å². The lowest BCUT2D eigenvalue weighted by Crippen LogP contribution is -2.38. The van der Waals surface area contributed by atoms with E-state index in [4.69, 9.17) is 11.6 Å². The number of hydrogen-bond acceptors (Lipinski definition) is 2. The highest BCUT2D eigenvalue weighted by Crippen LogP contribution is 2.27. The molecule has 1 aromatic rings. The predicted octanol–water partition coefficient (Wildman–Crippen LogP) is 5.10. The van der Waals surface area contributed by atoms with Gasteiger partial charge in [-0.15, -0.1) is 0 Å². The highest BCUT2D eigenvalue weighted by atomic mass is 35.5. The van der Waals surface area contributed by atoms with Gasteiger partial charge in [-0.3, -0.25) is 0 Å². The summed E-state index contributed by atoms with van der Waals surface area (Å²) in [5, 5.41) is 4.37. The minimum Gasteiger partial charge on any atom is -0.369 e. The fourth-order valence-corrected chi connectivity index (χ4v) is 2.51. The van der Waals surface area contributed by atoms with E-state index in [9.17, 15) is 0 Å². The topological polar surface area (TPSA) is 15.3 Å². The van der Waals surface area contributed by atoms with Crippen molar-refractivity contribution in [1.82, 2.24) is 5.32 Å². The van der Waals surface area contributed by atoms with Crippen molar-refractivity contribution in [2.45, 2.75) is 66.6 Å². The molecule has 0 aliphatic carbocycles. The number of benzene rings is 1. The summed E-state index contributed by atoms with van der Waals surface area (Å²) in [4.78, 5) is 2.47. The lowest BCUT2D eigenvalue weighted by molar-refractivity contribution is 0.424. The SMILES string of the molecule is CC(C)CN(c1ccc(Cl)cc1CNC(C)(C)C)C(C)C. The highest BCUT2D eigenvalue weighted by Gasteiger charge is 2.17. The Morgan fingerprint density at radius 2 is 1.76 bits per heavy atom. The molecule has 0 aromatic heterocycles. The summed E-state index contributed by atoms with van der Waals surface area (Å²) in [5.41, 5.74) is 2.66. The van der Waals surface area contributed by atoms with Crippen molar-refractivity contribution < 1.29 is 0 Å². The largest absolute Gasteiger partial charge is 0.369 e. The van der Waals surface area contributed by atoms with E-state index in [0.29, 0.717) is 12.0 Å². The molecule has 0 saturated carbocycles. The quantitative estimate of drug-likeness (QED) is 0.786. The van der Waals surface area contributed by atoms with Crippen LogP contribution in [-0.2, 0) is 6.54 Å². The Balaban J connectivity index is 3.08. The second-order valence-corrected chi connectivity index (χ2v) is 7.95. The Bertz CT molecular complexity index is 447. The van der Waals surface area contributed by atoms with E-state index in [-0.39, 0.29) is 5.54 Å². The molecule has 0 atom stereocenters. The van der Waals surface area contributed by atoms with E-state index in [1.54, 1.807) is 0 Å². The Labute approximate surface area is 135 Å². The first kappa shape index (κ1) is 18.3. The minimum absolute atomic E-state index is 0.0975. The second kappa shape index (κ2) is 7.51. The zero-order chi connectivity index (χ0) is 16.2. The van der Waals surface area contributed by atoms with Crippen molar-refractivity contribution in [3.8, 4) is 0 Å². The predicted molar refractivity (Wildman–Crippen MR) is 95.4 cm³/mol. The van der Waals surface area contributed by atoms with Gasteiger partial charge in [-0.2, -0.15) is 0 Å². The maximum atomic E-state index is 6.21. The van der Waals surface area contributed by atoms with Crippen molar-refractivity contribution in [3.05, 3.63) is 28.8 Å². The molecule has 21 heavy (non-hydrogen) atoms. The summed E-state index contributed by atoms with van der Waals surface area (Å²) in [6, 6.07) is 6.71. The maximum absolute atomic E-state index is 6.21. The smallest absolute Gasteiger partial charge is 0.0415 e. The monoisotopic (exact) mass is 310 g/mol. The average Bonchev–Trinajstić information content (AvgIpc) is 2.32. The Morgan fingerprint density at radius 1 is 1.14 bits per heavy atom. The summed E-state index contributed by atoms with van der Waals surface area (Å²) in [7, 11) is 0. The van der Waals surface area contributed by atoms with E-state index < -0.39 is 0 Å². The molecule has 0 bridgehead atoms. The van der Waals surface area contributed by atoms with Crippen LogP contribution in [0.5, 0.6) is 0 Å². The minimum atomic E-state index is 0.0975. The van der Waals surface area contributed by atoms with Gasteiger partial charge in [0.25, 0.3) is 0 Å². The van der Waals surface area contributed by atoms with Gasteiger partial charge in [0.15, 0.2) is 0 Å². The van der Waals surface area contributed by atoms with Crippen molar-refractivity contribution in [2.24, 2.45) is 5.92 Å². The summed E-state index contributed by atoms with van der Waals surface area (Å²) in [6.45, 7) is 17.5. The van der Waals surface area contributed by atoms with Gasteiger partial charge in [0.05, 0.1) is 0 Å². The molecule has 120 valence electrons. The van der Waals surface area contributed by atoms with Crippen LogP contribution in [0.4, 0.5) is 5.69 Å². The first-order chi connectivity index (χ1) is 9.60. The third kappa shape index (κ3) is 6.27. The van der Waals surface area contributed by atoms with E-state index in [0.717, 1.165) is 18.1 Å². The van der Waals surface area contributed by atoms with Gasteiger partial charge in [-0.1, -0.05) is 25.4 Å². The van der Waals surface area contributed by atoms with Crippen molar-refractivity contribution in [3.63, 3.8) is 0 Å². The summed E-state index contributed by atoms with van der Waals surface area (Å²) in [5.74, 6) is 0.631. The Kier molecular flexibility index (Phi) is 6.55. The molecular formula is C18H31ClN2. The van der Waals surface area contributed by atoms with Gasteiger partial charge in [0, 0.05) is 35.4 Å². The van der Waals surface area contributed by atoms with Crippen LogP contribution in [-0.4, -0.2) is 18.1 Å². The summed E-state index contributed by atoms with van der Waals surface area (Å²) in [6.07, 6.45) is 0. The number of anilines is 1. The molecule has 2 nitrogen and oxygen atoms in total.